The van der Waals surface area contributed by atoms with Crippen molar-refractivity contribution < 1.29 is 27.4 Å². The number of benzene rings is 1. The van der Waals surface area contributed by atoms with Crippen LogP contribution in [0.1, 0.15) is 18.4 Å². The zero-order valence-corrected chi connectivity index (χ0v) is 9.53. The molecule has 0 spiro atoms. The van der Waals surface area contributed by atoms with Crippen molar-refractivity contribution in [2.24, 2.45) is 0 Å². The third kappa shape index (κ3) is 2.57. The number of alkyl halides is 3. The summed E-state index contributed by atoms with van der Waals surface area (Å²) in [5.74, 6) is -0.795. The Labute approximate surface area is 102 Å². The Bertz CT molecular complexity index is 456. The molecule has 3 nitrogen and oxygen atoms in total. The average Bonchev–Trinajstić information content (AvgIpc) is 2.64. The van der Waals surface area contributed by atoms with E-state index in [0.717, 1.165) is 5.56 Å². The molecule has 0 saturated carbocycles. The molecule has 6 heteroatoms. The number of hydrogen-bond acceptors (Lipinski definition) is 3. The minimum atomic E-state index is -4.52. The van der Waals surface area contributed by atoms with Gasteiger partial charge in [-0.05, 0) is 6.07 Å². The van der Waals surface area contributed by atoms with Gasteiger partial charge in [0.2, 0.25) is 6.10 Å². The molecular weight excluding hydrogens is 249 g/mol. The van der Waals surface area contributed by atoms with Gasteiger partial charge in [0.05, 0.1) is 0 Å². The minimum absolute atomic E-state index is 0.318. The lowest BCUT2D eigenvalue weighted by Crippen LogP contribution is -2.32. The van der Waals surface area contributed by atoms with E-state index in [9.17, 15) is 18.0 Å². The lowest BCUT2D eigenvalue weighted by Gasteiger charge is -2.15. The van der Waals surface area contributed by atoms with Crippen LogP contribution >= 0.6 is 0 Å². The predicted octanol–water partition coefficient (Wildman–Crippen LogP) is 2.66. The van der Waals surface area contributed by atoms with Gasteiger partial charge in [-0.2, -0.15) is 13.2 Å². The first-order valence-electron chi connectivity index (χ1n) is 5.37. The molecule has 0 N–H and O–H groups in total. The smallest absolute Gasteiger partial charge is 0.422 e. The number of rotatable bonds is 2. The SMILES string of the molecule is CC1c2ccccc2OC1C(=O)OCC(F)(F)F. The van der Waals surface area contributed by atoms with E-state index in [2.05, 4.69) is 4.74 Å². The highest BCUT2D eigenvalue weighted by molar-refractivity contribution is 5.78. The molecule has 0 aliphatic carbocycles. The molecule has 0 saturated heterocycles. The zero-order valence-electron chi connectivity index (χ0n) is 9.53. The summed E-state index contributed by atoms with van der Waals surface area (Å²) in [7, 11) is 0. The van der Waals surface area contributed by atoms with Crippen LogP contribution in [0.25, 0.3) is 0 Å². The van der Waals surface area contributed by atoms with Gasteiger partial charge >= 0.3 is 12.1 Å². The number of carbonyl (C=O) groups is 1. The lowest BCUT2D eigenvalue weighted by molar-refractivity contribution is -0.190. The molecule has 18 heavy (non-hydrogen) atoms. The van der Waals surface area contributed by atoms with Crippen molar-refractivity contribution in [3.63, 3.8) is 0 Å². The maximum Gasteiger partial charge on any atom is 0.422 e. The van der Waals surface area contributed by atoms with Gasteiger partial charge in [0.25, 0.3) is 0 Å². The Morgan fingerprint density at radius 3 is 2.67 bits per heavy atom. The minimum Gasteiger partial charge on any atom is -0.478 e. The second kappa shape index (κ2) is 4.51. The largest absolute Gasteiger partial charge is 0.478 e. The van der Waals surface area contributed by atoms with E-state index in [1.165, 1.54) is 0 Å². The Balaban J connectivity index is 2.03. The monoisotopic (exact) mass is 260 g/mol. The van der Waals surface area contributed by atoms with Crippen LogP contribution in [0.4, 0.5) is 13.2 Å². The molecule has 1 aromatic rings. The zero-order chi connectivity index (χ0) is 13.3. The van der Waals surface area contributed by atoms with Gasteiger partial charge < -0.3 is 9.47 Å². The second-order valence-corrected chi connectivity index (χ2v) is 4.09. The van der Waals surface area contributed by atoms with Crippen molar-refractivity contribution in [1.82, 2.24) is 0 Å². The summed E-state index contributed by atoms with van der Waals surface area (Å²) in [6.45, 7) is 0.125. The summed E-state index contributed by atoms with van der Waals surface area (Å²) in [6.07, 6.45) is -5.53. The van der Waals surface area contributed by atoms with Crippen LogP contribution in [0.5, 0.6) is 5.75 Å². The van der Waals surface area contributed by atoms with Gasteiger partial charge in [-0.25, -0.2) is 4.79 Å². The molecule has 1 aliphatic heterocycles. The third-order valence-electron chi connectivity index (χ3n) is 2.73. The van der Waals surface area contributed by atoms with Crippen LogP contribution in [-0.2, 0) is 9.53 Å². The maximum absolute atomic E-state index is 11.9. The van der Waals surface area contributed by atoms with E-state index in [1.54, 1.807) is 31.2 Å². The molecule has 0 fully saturated rings. The third-order valence-corrected chi connectivity index (χ3v) is 2.73. The van der Waals surface area contributed by atoms with E-state index in [1.807, 2.05) is 0 Å². The van der Waals surface area contributed by atoms with Crippen LogP contribution < -0.4 is 4.74 Å². The normalized spacial score (nSPS) is 22.2. The summed E-state index contributed by atoms with van der Waals surface area (Å²) >= 11 is 0. The van der Waals surface area contributed by atoms with Crippen molar-refractivity contribution >= 4 is 5.97 Å². The molecule has 98 valence electrons. The van der Waals surface area contributed by atoms with E-state index < -0.39 is 24.9 Å². The molecule has 2 unspecified atom stereocenters. The molecule has 0 radical (unpaired) electrons. The topological polar surface area (TPSA) is 35.5 Å². The number of esters is 1. The fourth-order valence-corrected chi connectivity index (χ4v) is 1.85. The van der Waals surface area contributed by atoms with E-state index in [-0.39, 0.29) is 5.92 Å². The lowest BCUT2D eigenvalue weighted by atomic mass is 9.98. The summed E-state index contributed by atoms with van der Waals surface area (Å²) < 4.78 is 45.3. The number of carbonyl (C=O) groups excluding carboxylic acids is 1. The number of hydrogen-bond donors (Lipinski definition) is 0. The molecule has 1 aromatic carbocycles. The van der Waals surface area contributed by atoms with Crippen LogP contribution in [0, 0.1) is 0 Å². The highest BCUT2D eigenvalue weighted by Crippen LogP contribution is 2.38. The van der Waals surface area contributed by atoms with Gasteiger partial charge in [0, 0.05) is 11.5 Å². The van der Waals surface area contributed by atoms with Gasteiger partial charge in [0.15, 0.2) is 6.61 Å². The predicted molar refractivity (Wildman–Crippen MR) is 56.3 cm³/mol. The van der Waals surface area contributed by atoms with E-state index >= 15 is 0 Å². The fraction of sp³-hybridized carbons (Fsp3) is 0.417. The van der Waals surface area contributed by atoms with Crippen molar-refractivity contribution in [2.75, 3.05) is 6.61 Å². The molecule has 2 atom stereocenters. The molecular formula is C12H11F3O3. The average molecular weight is 260 g/mol. The van der Waals surface area contributed by atoms with Gasteiger partial charge in [-0.3, -0.25) is 0 Å². The highest BCUT2D eigenvalue weighted by Gasteiger charge is 2.39. The molecule has 1 aliphatic rings. The quantitative estimate of drug-likeness (QED) is 0.767. The standard InChI is InChI=1S/C12H11F3O3/c1-7-8-4-2-3-5-9(8)18-10(7)11(16)17-6-12(13,14)15/h2-5,7,10H,6H2,1H3. The summed E-state index contributed by atoms with van der Waals surface area (Å²) in [5, 5.41) is 0. The van der Waals surface area contributed by atoms with Crippen molar-refractivity contribution in [1.29, 1.82) is 0 Å². The Kier molecular flexibility index (Phi) is 3.19. The first-order valence-corrected chi connectivity index (χ1v) is 5.37. The van der Waals surface area contributed by atoms with Crippen molar-refractivity contribution in [3.8, 4) is 5.75 Å². The van der Waals surface area contributed by atoms with Gasteiger partial charge in [0.1, 0.15) is 5.75 Å². The number of halogens is 3. The Morgan fingerprint density at radius 1 is 1.39 bits per heavy atom. The highest BCUT2D eigenvalue weighted by atomic mass is 19.4. The van der Waals surface area contributed by atoms with Gasteiger partial charge in [-0.1, -0.05) is 25.1 Å². The first-order chi connectivity index (χ1) is 8.38. The van der Waals surface area contributed by atoms with Crippen LogP contribution in [0.3, 0.4) is 0 Å². The van der Waals surface area contributed by atoms with Crippen LogP contribution in [0.2, 0.25) is 0 Å². The number of para-hydroxylation sites is 1. The van der Waals surface area contributed by atoms with Crippen molar-refractivity contribution in [3.05, 3.63) is 29.8 Å². The second-order valence-electron chi connectivity index (χ2n) is 4.09. The number of fused-ring (bicyclic) bond motifs is 1. The van der Waals surface area contributed by atoms with Crippen LogP contribution in [-0.4, -0.2) is 24.9 Å². The van der Waals surface area contributed by atoms with Crippen molar-refractivity contribution in [2.45, 2.75) is 25.1 Å². The fourth-order valence-electron chi connectivity index (χ4n) is 1.85. The summed E-state index contributed by atoms with van der Waals surface area (Å²) in [5.41, 5.74) is 0.798. The summed E-state index contributed by atoms with van der Waals surface area (Å²) in [4.78, 5) is 11.5. The maximum atomic E-state index is 11.9. The molecule has 1 heterocycles. The number of ether oxygens (including phenoxy) is 2. The van der Waals surface area contributed by atoms with E-state index in [4.69, 9.17) is 4.74 Å². The Hall–Kier alpha value is -1.72. The van der Waals surface area contributed by atoms with E-state index in [0.29, 0.717) is 5.75 Å². The summed E-state index contributed by atoms with van der Waals surface area (Å²) in [6, 6.07) is 6.96. The molecule has 0 bridgehead atoms. The van der Waals surface area contributed by atoms with Gasteiger partial charge in [-0.15, -0.1) is 0 Å². The molecule has 0 amide bonds. The molecule has 0 aromatic heterocycles. The Morgan fingerprint density at radius 2 is 2.06 bits per heavy atom. The first kappa shape index (κ1) is 12.7. The molecule has 2 rings (SSSR count). The van der Waals surface area contributed by atoms with Crippen LogP contribution in [0.15, 0.2) is 24.3 Å².